The molecule has 0 aromatic heterocycles. The Kier molecular flexibility index (Phi) is 3.86. The lowest BCUT2D eigenvalue weighted by Gasteiger charge is -2.29. The highest BCUT2D eigenvalue weighted by molar-refractivity contribution is 5.99. The van der Waals surface area contributed by atoms with Crippen LogP contribution in [0.2, 0.25) is 0 Å². The maximum Gasteiger partial charge on any atom is 0.287 e. The van der Waals surface area contributed by atoms with Gasteiger partial charge in [0.25, 0.3) is 18.8 Å². The van der Waals surface area contributed by atoms with E-state index in [1.54, 1.807) is 0 Å². The number of hydrogen-bond donors (Lipinski definition) is 2. The molecule has 1 aromatic carbocycles. The van der Waals surface area contributed by atoms with Crippen LogP contribution in [0.5, 0.6) is 5.75 Å². The Bertz CT molecular complexity index is 576. The second-order valence-corrected chi connectivity index (χ2v) is 4.41. The average Bonchev–Trinajstić information content (AvgIpc) is 2.78. The Balaban J connectivity index is 2.38. The second kappa shape index (κ2) is 5.32. The van der Waals surface area contributed by atoms with Crippen LogP contribution < -0.4 is 0 Å². The number of alkyl halides is 4. The summed E-state index contributed by atoms with van der Waals surface area (Å²) in [5.41, 5.74) is -4.29. The molecule has 1 atom stereocenters. The van der Waals surface area contributed by atoms with Crippen LogP contribution in [0, 0.1) is 0 Å². The van der Waals surface area contributed by atoms with Crippen molar-refractivity contribution in [2.24, 2.45) is 5.10 Å². The summed E-state index contributed by atoms with van der Waals surface area (Å²) in [4.78, 5) is 12.0. The number of halogens is 4. The number of rotatable bonds is 3. The van der Waals surface area contributed by atoms with Crippen LogP contribution >= 0.6 is 0 Å². The molecule has 5 nitrogen and oxygen atoms in total. The normalized spacial score (nSPS) is 22.0. The molecular weight excluding hydrogens is 296 g/mol. The third-order valence-corrected chi connectivity index (χ3v) is 2.94. The average molecular weight is 306 g/mol. The molecule has 1 aromatic rings. The Hall–Kier alpha value is -2.16. The van der Waals surface area contributed by atoms with Crippen LogP contribution in [-0.2, 0) is 0 Å². The first-order chi connectivity index (χ1) is 9.75. The molecule has 1 amide bonds. The molecule has 9 heteroatoms. The van der Waals surface area contributed by atoms with E-state index in [1.807, 2.05) is 0 Å². The van der Waals surface area contributed by atoms with Crippen LogP contribution in [0.3, 0.4) is 0 Å². The van der Waals surface area contributed by atoms with E-state index in [4.69, 9.17) is 5.11 Å². The highest BCUT2D eigenvalue weighted by Gasteiger charge is 2.53. The van der Waals surface area contributed by atoms with Gasteiger partial charge in [-0.15, -0.1) is 0 Å². The lowest BCUT2D eigenvalue weighted by molar-refractivity contribution is -0.164. The van der Waals surface area contributed by atoms with Gasteiger partial charge in [0.2, 0.25) is 5.72 Å². The van der Waals surface area contributed by atoms with Gasteiger partial charge in [0.05, 0.1) is 0 Å². The molecule has 0 bridgehead atoms. The number of carbonyl (C=O) groups excluding carboxylic acids is 1. The number of nitrogens with zero attached hydrogens (tertiary/aromatic N) is 2. The summed E-state index contributed by atoms with van der Waals surface area (Å²) in [6.45, 7) is 0. The molecule has 0 saturated carbocycles. The molecule has 0 saturated heterocycles. The molecule has 21 heavy (non-hydrogen) atoms. The van der Waals surface area contributed by atoms with E-state index in [0.717, 1.165) is 24.3 Å². The van der Waals surface area contributed by atoms with E-state index >= 15 is 0 Å². The van der Waals surface area contributed by atoms with Crippen LogP contribution in [0.25, 0.3) is 0 Å². The fraction of sp³-hybridized carbons (Fsp3) is 0.333. The van der Waals surface area contributed by atoms with Gasteiger partial charge in [-0.3, -0.25) is 4.79 Å². The summed E-state index contributed by atoms with van der Waals surface area (Å²) in [6, 6.07) is 4.42. The Labute approximate surface area is 116 Å². The van der Waals surface area contributed by atoms with Crippen LogP contribution in [0.15, 0.2) is 29.4 Å². The fourth-order valence-corrected chi connectivity index (χ4v) is 1.83. The van der Waals surface area contributed by atoms with E-state index in [2.05, 4.69) is 5.10 Å². The van der Waals surface area contributed by atoms with Gasteiger partial charge in [-0.05, 0) is 24.3 Å². The summed E-state index contributed by atoms with van der Waals surface area (Å²) in [5.74, 6) is -1.35. The topological polar surface area (TPSA) is 73.1 Å². The summed E-state index contributed by atoms with van der Waals surface area (Å²) in [6.07, 6.45) is -7.77. The van der Waals surface area contributed by atoms with E-state index in [0.29, 0.717) is 0 Å². The number of hydrazone groups is 1. The molecule has 1 aliphatic heterocycles. The van der Waals surface area contributed by atoms with Gasteiger partial charge in [-0.25, -0.2) is 17.6 Å². The van der Waals surface area contributed by atoms with E-state index in [-0.39, 0.29) is 16.3 Å². The zero-order valence-electron chi connectivity index (χ0n) is 10.4. The van der Waals surface area contributed by atoms with Crippen molar-refractivity contribution < 1.29 is 32.6 Å². The van der Waals surface area contributed by atoms with Crippen molar-refractivity contribution in [2.75, 3.05) is 0 Å². The lowest BCUT2D eigenvalue weighted by atomic mass is 10.1. The van der Waals surface area contributed by atoms with Gasteiger partial charge in [0.1, 0.15) is 11.5 Å². The van der Waals surface area contributed by atoms with Gasteiger partial charge in [-0.1, -0.05) is 0 Å². The highest BCUT2D eigenvalue weighted by Crippen LogP contribution is 2.34. The molecule has 2 rings (SSSR count). The van der Waals surface area contributed by atoms with E-state index in [1.165, 1.54) is 0 Å². The molecule has 1 heterocycles. The van der Waals surface area contributed by atoms with Crippen molar-refractivity contribution in [1.82, 2.24) is 5.01 Å². The van der Waals surface area contributed by atoms with Gasteiger partial charge in [0.15, 0.2) is 0 Å². The van der Waals surface area contributed by atoms with E-state index < -0.39 is 36.6 Å². The molecule has 1 unspecified atom stereocenters. The van der Waals surface area contributed by atoms with Crippen molar-refractivity contribution in [3.63, 3.8) is 0 Å². The van der Waals surface area contributed by atoms with Crippen molar-refractivity contribution in [3.05, 3.63) is 29.8 Å². The lowest BCUT2D eigenvalue weighted by Crippen LogP contribution is -2.51. The molecule has 2 N–H and O–H groups in total. The van der Waals surface area contributed by atoms with Gasteiger partial charge in [-0.2, -0.15) is 10.1 Å². The zero-order valence-corrected chi connectivity index (χ0v) is 10.4. The number of aromatic hydroxyl groups is 1. The predicted octanol–water partition coefficient (Wildman–Crippen LogP) is 1.81. The van der Waals surface area contributed by atoms with Crippen molar-refractivity contribution >= 4 is 11.6 Å². The molecule has 0 radical (unpaired) electrons. The van der Waals surface area contributed by atoms with Crippen LogP contribution in [0.4, 0.5) is 17.6 Å². The minimum absolute atomic E-state index is 0.0362. The fourth-order valence-electron chi connectivity index (χ4n) is 1.83. The number of phenolic OH excluding ortho intramolecular Hbond substituents is 1. The summed E-state index contributed by atoms with van der Waals surface area (Å²) >= 11 is 0. The summed E-state index contributed by atoms with van der Waals surface area (Å²) in [5, 5.41) is 22.0. The standard InChI is InChI=1S/C12H10F4N2O3/c13-9(14)8-5-12(21,11(15)16)18(17-8)10(20)6-1-3-7(19)4-2-6/h1-4,9,11,19,21H,5H2. The molecule has 1 aliphatic rings. The Morgan fingerprint density at radius 1 is 1.24 bits per heavy atom. The number of amides is 1. The molecule has 0 aliphatic carbocycles. The number of aliphatic hydroxyl groups is 1. The largest absolute Gasteiger partial charge is 0.508 e. The summed E-state index contributed by atoms with van der Waals surface area (Å²) in [7, 11) is 0. The first kappa shape index (κ1) is 15.2. The SMILES string of the molecule is O=C(c1ccc(O)cc1)N1N=C(C(F)F)CC1(O)C(F)F. The van der Waals surface area contributed by atoms with Crippen LogP contribution in [-0.4, -0.2) is 45.4 Å². The Morgan fingerprint density at radius 3 is 2.29 bits per heavy atom. The molecular formula is C12H10F4N2O3. The molecule has 0 fully saturated rings. The van der Waals surface area contributed by atoms with Crippen molar-refractivity contribution in [2.45, 2.75) is 25.0 Å². The molecule has 0 spiro atoms. The number of carbonyl (C=O) groups is 1. The predicted molar refractivity (Wildman–Crippen MR) is 63.3 cm³/mol. The maximum absolute atomic E-state index is 12.9. The van der Waals surface area contributed by atoms with Crippen molar-refractivity contribution in [3.8, 4) is 5.75 Å². The number of hydrogen-bond acceptors (Lipinski definition) is 4. The van der Waals surface area contributed by atoms with Crippen LogP contribution in [0.1, 0.15) is 16.8 Å². The first-order valence-corrected chi connectivity index (χ1v) is 5.75. The van der Waals surface area contributed by atoms with Gasteiger partial charge < -0.3 is 10.2 Å². The Morgan fingerprint density at radius 2 is 1.81 bits per heavy atom. The maximum atomic E-state index is 12.9. The quantitative estimate of drug-likeness (QED) is 0.837. The summed E-state index contributed by atoms with van der Waals surface area (Å²) < 4.78 is 51.1. The molecule has 114 valence electrons. The number of phenols is 1. The second-order valence-electron chi connectivity index (χ2n) is 4.41. The monoisotopic (exact) mass is 306 g/mol. The van der Waals surface area contributed by atoms with Crippen molar-refractivity contribution in [1.29, 1.82) is 0 Å². The van der Waals surface area contributed by atoms with Gasteiger partial charge in [0, 0.05) is 12.0 Å². The minimum atomic E-state index is -3.47. The highest BCUT2D eigenvalue weighted by atomic mass is 19.3. The number of benzene rings is 1. The third kappa shape index (κ3) is 2.68. The third-order valence-electron chi connectivity index (χ3n) is 2.94. The van der Waals surface area contributed by atoms with E-state index in [9.17, 15) is 27.5 Å². The zero-order chi connectivity index (χ0) is 15.8. The minimum Gasteiger partial charge on any atom is -0.508 e. The smallest absolute Gasteiger partial charge is 0.287 e. The first-order valence-electron chi connectivity index (χ1n) is 5.75. The van der Waals surface area contributed by atoms with Gasteiger partial charge >= 0.3 is 0 Å².